The van der Waals surface area contributed by atoms with Crippen LogP contribution in [0, 0.1) is 0 Å². The normalized spacial score (nSPS) is 10.2. The zero-order valence-corrected chi connectivity index (χ0v) is 13.1. The van der Waals surface area contributed by atoms with E-state index in [1.165, 1.54) is 0 Å². The second kappa shape index (κ2) is 6.74. The zero-order chi connectivity index (χ0) is 16.1. The van der Waals surface area contributed by atoms with E-state index in [0.717, 1.165) is 11.4 Å². The van der Waals surface area contributed by atoms with Crippen LogP contribution in [0.2, 0.25) is 0 Å². The molecule has 0 unspecified atom stereocenters. The van der Waals surface area contributed by atoms with E-state index >= 15 is 0 Å². The first-order valence-corrected chi connectivity index (χ1v) is 7.28. The minimum absolute atomic E-state index is 0.494. The predicted molar refractivity (Wildman–Crippen MR) is 93.6 cm³/mol. The van der Waals surface area contributed by atoms with Crippen LogP contribution in [-0.2, 0) is 0 Å². The van der Waals surface area contributed by atoms with Gasteiger partial charge in [0.25, 0.3) is 0 Å². The van der Waals surface area contributed by atoms with Crippen molar-refractivity contribution in [1.82, 2.24) is 15.0 Å². The summed E-state index contributed by atoms with van der Waals surface area (Å²) in [5.41, 5.74) is 1.85. The van der Waals surface area contributed by atoms with Gasteiger partial charge in [-0.05, 0) is 24.3 Å². The maximum absolute atomic E-state index is 4.44. The molecule has 6 heteroatoms. The van der Waals surface area contributed by atoms with E-state index in [2.05, 4.69) is 25.6 Å². The third kappa shape index (κ3) is 3.94. The van der Waals surface area contributed by atoms with E-state index < -0.39 is 0 Å². The quantitative estimate of drug-likeness (QED) is 0.753. The first kappa shape index (κ1) is 14.8. The molecule has 0 fully saturated rings. The minimum atomic E-state index is 0.494. The third-order valence-corrected chi connectivity index (χ3v) is 3.08. The molecule has 0 saturated heterocycles. The minimum Gasteiger partial charge on any atom is -0.347 e. The van der Waals surface area contributed by atoms with Crippen molar-refractivity contribution in [3.63, 3.8) is 0 Å². The highest BCUT2D eigenvalue weighted by atomic mass is 15.3. The number of hydrogen-bond donors (Lipinski definition) is 2. The maximum Gasteiger partial charge on any atom is 0.233 e. The molecule has 3 aromatic rings. The van der Waals surface area contributed by atoms with Crippen LogP contribution in [0.4, 0.5) is 29.2 Å². The molecule has 0 radical (unpaired) electrons. The molecule has 0 bridgehead atoms. The number of anilines is 5. The van der Waals surface area contributed by atoms with Gasteiger partial charge in [0.15, 0.2) is 0 Å². The number of para-hydroxylation sites is 2. The van der Waals surface area contributed by atoms with Gasteiger partial charge in [-0.15, -0.1) is 0 Å². The van der Waals surface area contributed by atoms with Gasteiger partial charge < -0.3 is 15.5 Å². The van der Waals surface area contributed by atoms with Crippen LogP contribution in [0.3, 0.4) is 0 Å². The van der Waals surface area contributed by atoms with Crippen molar-refractivity contribution in [3.8, 4) is 0 Å². The van der Waals surface area contributed by atoms with Crippen molar-refractivity contribution in [1.29, 1.82) is 0 Å². The molecule has 1 aromatic heterocycles. The highest BCUT2D eigenvalue weighted by Gasteiger charge is 2.08. The first-order chi connectivity index (χ1) is 11.2. The van der Waals surface area contributed by atoms with Crippen molar-refractivity contribution < 1.29 is 0 Å². The molecule has 0 spiro atoms. The summed E-state index contributed by atoms with van der Waals surface area (Å²) in [6.45, 7) is 0. The van der Waals surface area contributed by atoms with E-state index in [4.69, 9.17) is 0 Å². The lowest BCUT2D eigenvalue weighted by Crippen LogP contribution is -2.15. The van der Waals surface area contributed by atoms with E-state index in [9.17, 15) is 0 Å². The van der Waals surface area contributed by atoms with Crippen molar-refractivity contribution in [2.45, 2.75) is 0 Å². The summed E-state index contributed by atoms with van der Waals surface area (Å²) in [5.74, 6) is 1.57. The Morgan fingerprint density at radius 3 is 1.48 bits per heavy atom. The van der Waals surface area contributed by atoms with E-state index in [1.54, 1.807) is 0 Å². The molecular weight excluding hydrogens is 288 g/mol. The summed E-state index contributed by atoms with van der Waals surface area (Å²) < 4.78 is 0. The molecule has 0 atom stereocenters. The van der Waals surface area contributed by atoms with Crippen LogP contribution in [0.1, 0.15) is 0 Å². The second-order valence-corrected chi connectivity index (χ2v) is 5.16. The standard InChI is InChI=1S/C17H18N6/c1-23(2)17-21-15(18-13-9-5-3-6-10-13)20-16(22-17)19-14-11-7-4-8-12-14/h3-12H,1-2H3,(H2,18,19,20,21,22). The number of nitrogens with zero attached hydrogens (tertiary/aromatic N) is 4. The average molecular weight is 306 g/mol. The van der Waals surface area contributed by atoms with Gasteiger partial charge in [-0.1, -0.05) is 36.4 Å². The van der Waals surface area contributed by atoms with E-state index in [-0.39, 0.29) is 0 Å². The molecule has 0 aliphatic carbocycles. The highest BCUT2D eigenvalue weighted by Crippen LogP contribution is 2.19. The zero-order valence-electron chi connectivity index (χ0n) is 13.1. The van der Waals surface area contributed by atoms with Crippen molar-refractivity contribution in [2.24, 2.45) is 0 Å². The Morgan fingerprint density at radius 2 is 1.09 bits per heavy atom. The Labute approximate surface area is 135 Å². The monoisotopic (exact) mass is 306 g/mol. The molecule has 0 aliphatic rings. The Kier molecular flexibility index (Phi) is 4.33. The number of hydrogen-bond acceptors (Lipinski definition) is 6. The Bertz CT molecular complexity index is 699. The molecule has 2 N–H and O–H groups in total. The molecule has 6 nitrogen and oxygen atoms in total. The highest BCUT2D eigenvalue weighted by molar-refractivity contribution is 5.59. The van der Waals surface area contributed by atoms with Gasteiger partial charge in [-0.3, -0.25) is 0 Å². The third-order valence-electron chi connectivity index (χ3n) is 3.08. The molecule has 116 valence electrons. The fourth-order valence-electron chi connectivity index (χ4n) is 1.98. The van der Waals surface area contributed by atoms with Gasteiger partial charge in [-0.2, -0.15) is 15.0 Å². The van der Waals surface area contributed by atoms with Crippen LogP contribution in [0.25, 0.3) is 0 Å². The van der Waals surface area contributed by atoms with Gasteiger partial charge >= 0.3 is 0 Å². The molecule has 3 rings (SSSR count). The Balaban J connectivity index is 1.90. The van der Waals surface area contributed by atoms with Gasteiger partial charge in [0.05, 0.1) is 0 Å². The first-order valence-electron chi connectivity index (χ1n) is 7.28. The summed E-state index contributed by atoms with van der Waals surface area (Å²) >= 11 is 0. The number of benzene rings is 2. The van der Waals surface area contributed by atoms with Crippen LogP contribution in [0.15, 0.2) is 60.7 Å². The lowest BCUT2D eigenvalue weighted by molar-refractivity contribution is 0.966. The molecule has 2 aromatic carbocycles. The molecule has 0 aliphatic heterocycles. The van der Waals surface area contributed by atoms with Gasteiger partial charge in [0, 0.05) is 25.5 Å². The second-order valence-electron chi connectivity index (χ2n) is 5.16. The van der Waals surface area contributed by atoms with E-state index in [0.29, 0.717) is 17.8 Å². The van der Waals surface area contributed by atoms with Crippen molar-refractivity contribution in [3.05, 3.63) is 60.7 Å². The number of nitrogens with one attached hydrogen (secondary N) is 2. The summed E-state index contributed by atoms with van der Waals surface area (Å²) in [6, 6.07) is 19.6. The molecule has 0 saturated carbocycles. The van der Waals surface area contributed by atoms with Gasteiger partial charge in [-0.25, -0.2) is 0 Å². The summed E-state index contributed by atoms with van der Waals surface area (Å²) in [5, 5.41) is 6.39. The molecular formula is C17H18N6. The SMILES string of the molecule is CN(C)c1nc(Nc2ccccc2)nc(Nc2ccccc2)n1. The van der Waals surface area contributed by atoms with Crippen molar-refractivity contribution in [2.75, 3.05) is 29.6 Å². The average Bonchev–Trinajstić information content (AvgIpc) is 2.56. The smallest absolute Gasteiger partial charge is 0.233 e. The van der Waals surface area contributed by atoms with Gasteiger partial charge in [0.2, 0.25) is 17.8 Å². The fraction of sp³-hybridized carbons (Fsp3) is 0.118. The van der Waals surface area contributed by atoms with Crippen LogP contribution < -0.4 is 15.5 Å². The predicted octanol–water partition coefficient (Wildman–Crippen LogP) is 3.42. The van der Waals surface area contributed by atoms with Gasteiger partial charge in [0.1, 0.15) is 0 Å². The lowest BCUT2D eigenvalue weighted by atomic mass is 10.3. The van der Waals surface area contributed by atoms with Crippen LogP contribution in [-0.4, -0.2) is 29.0 Å². The number of aromatic nitrogens is 3. The topological polar surface area (TPSA) is 66.0 Å². The molecule has 23 heavy (non-hydrogen) atoms. The Morgan fingerprint density at radius 1 is 0.652 bits per heavy atom. The summed E-state index contributed by atoms with van der Waals surface area (Å²) in [7, 11) is 3.79. The fourth-order valence-corrected chi connectivity index (χ4v) is 1.98. The summed E-state index contributed by atoms with van der Waals surface area (Å²) in [4.78, 5) is 15.1. The largest absolute Gasteiger partial charge is 0.347 e. The molecule has 0 amide bonds. The maximum atomic E-state index is 4.44. The van der Waals surface area contributed by atoms with Crippen molar-refractivity contribution >= 4 is 29.2 Å². The lowest BCUT2D eigenvalue weighted by Gasteiger charge is -2.14. The summed E-state index contributed by atoms with van der Waals surface area (Å²) in [6.07, 6.45) is 0. The van der Waals surface area contributed by atoms with Crippen LogP contribution in [0.5, 0.6) is 0 Å². The van der Waals surface area contributed by atoms with Crippen LogP contribution >= 0.6 is 0 Å². The molecule has 1 heterocycles. The number of rotatable bonds is 5. The Hall–Kier alpha value is -3.15. The van der Waals surface area contributed by atoms with E-state index in [1.807, 2.05) is 79.7 Å².